The fourth-order valence-electron chi connectivity index (χ4n) is 2.76. The molecule has 1 saturated carbocycles. The number of sulfonamides is 1. The van der Waals surface area contributed by atoms with Gasteiger partial charge in [-0.3, -0.25) is 9.52 Å². The van der Waals surface area contributed by atoms with Gasteiger partial charge in [-0.05, 0) is 44.4 Å². The first-order valence-corrected chi connectivity index (χ1v) is 9.22. The summed E-state index contributed by atoms with van der Waals surface area (Å²) in [5.41, 5.74) is 6.37. The number of nitrogens with two attached hydrogens (primary N) is 1. The van der Waals surface area contributed by atoms with Crippen LogP contribution in [0.15, 0.2) is 24.3 Å². The van der Waals surface area contributed by atoms with Gasteiger partial charge in [0.15, 0.2) is 0 Å². The highest BCUT2D eigenvalue weighted by Crippen LogP contribution is 2.25. The number of amides is 1. The van der Waals surface area contributed by atoms with Crippen LogP contribution in [0.25, 0.3) is 0 Å². The van der Waals surface area contributed by atoms with Crippen LogP contribution in [0.3, 0.4) is 0 Å². The normalized spacial score (nSPS) is 21.5. The minimum absolute atomic E-state index is 0.0408. The molecule has 0 spiro atoms. The van der Waals surface area contributed by atoms with E-state index in [-0.39, 0.29) is 17.7 Å². The first-order chi connectivity index (χ1) is 10.5. The van der Waals surface area contributed by atoms with Gasteiger partial charge in [0, 0.05) is 6.04 Å². The van der Waals surface area contributed by atoms with Crippen LogP contribution in [-0.2, 0) is 10.0 Å². The first-order valence-electron chi connectivity index (χ1n) is 7.57. The van der Waals surface area contributed by atoms with E-state index in [0.717, 1.165) is 19.3 Å². The van der Waals surface area contributed by atoms with Crippen molar-refractivity contribution in [2.45, 2.75) is 32.2 Å². The summed E-state index contributed by atoms with van der Waals surface area (Å²) >= 11 is 0. The van der Waals surface area contributed by atoms with Crippen molar-refractivity contribution >= 4 is 21.6 Å². The molecule has 6 nitrogen and oxygen atoms in total. The maximum absolute atomic E-state index is 12.5. The summed E-state index contributed by atoms with van der Waals surface area (Å²) in [6.07, 6.45) is 2.99. The molecule has 1 aliphatic rings. The Balaban J connectivity index is 2.16. The summed E-state index contributed by atoms with van der Waals surface area (Å²) in [7, 11) is -3.42. The van der Waals surface area contributed by atoms with E-state index >= 15 is 0 Å². The van der Waals surface area contributed by atoms with Gasteiger partial charge in [0.2, 0.25) is 10.0 Å². The molecule has 22 heavy (non-hydrogen) atoms. The molecule has 1 aliphatic carbocycles. The van der Waals surface area contributed by atoms with Crippen LogP contribution in [0.5, 0.6) is 0 Å². The number of benzene rings is 1. The van der Waals surface area contributed by atoms with Gasteiger partial charge in [-0.15, -0.1) is 0 Å². The number of rotatable bonds is 6. The smallest absolute Gasteiger partial charge is 0.253 e. The van der Waals surface area contributed by atoms with Crippen molar-refractivity contribution in [1.29, 1.82) is 0 Å². The molecule has 4 N–H and O–H groups in total. The van der Waals surface area contributed by atoms with Crippen LogP contribution in [0, 0.1) is 5.92 Å². The highest BCUT2D eigenvalue weighted by atomic mass is 32.2. The van der Waals surface area contributed by atoms with Crippen molar-refractivity contribution in [3.8, 4) is 0 Å². The third-order valence-corrected chi connectivity index (χ3v) is 5.39. The third kappa shape index (κ3) is 3.98. The molecular weight excluding hydrogens is 302 g/mol. The molecule has 0 heterocycles. The second-order valence-corrected chi connectivity index (χ2v) is 7.57. The number of anilines is 1. The topological polar surface area (TPSA) is 101 Å². The monoisotopic (exact) mass is 325 g/mol. The molecule has 0 aromatic heterocycles. The lowest BCUT2D eigenvalue weighted by Gasteiger charge is -2.20. The summed E-state index contributed by atoms with van der Waals surface area (Å²) in [4.78, 5) is 12.5. The van der Waals surface area contributed by atoms with E-state index in [1.807, 2.05) is 0 Å². The predicted octanol–water partition coefficient (Wildman–Crippen LogP) is 1.31. The average Bonchev–Trinajstić information content (AvgIpc) is 2.94. The Kier molecular flexibility index (Phi) is 5.42. The molecule has 7 heteroatoms. The summed E-state index contributed by atoms with van der Waals surface area (Å²) in [6.45, 7) is 2.10. The van der Waals surface area contributed by atoms with Gasteiger partial charge in [-0.2, -0.15) is 0 Å². The Morgan fingerprint density at radius 2 is 2.05 bits per heavy atom. The Hall–Kier alpha value is -1.60. The molecule has 1 aromatic rings. The Morgan fingerprint density at radius 3 is 2.73 bits per heavy atom. The zero-order valence-corrected chi connectivity index (χ0v) is 13.5. The van der Waals surface area contributed by atoms with Gasteiger partial charge in [0.1, 0.15) is 0 Å². The van der Waals surface area contributed by atoms with E-state index in [9.17, 15) is 13.2 Å². The molecule has 0 aliphatic heterocycles. The quantitative estimate of drug-likeness (QED) is 0.734. The zero-order chi connectivity index (χ0) is 16.2. The van der Waals surface area contributed by atoms with Crippen molar-refractivity contribution in [3.05, 3.63) is 29.8 Å². The van der Waals surface area contributed by atoms with E-state index in [2.05, 4.69) is 10.0 Å². The minimum atomic E-state index is -3.42. The lowest BCUT2D eigenvalue weighted by molar-refractivity contribution is 0.0929. The molecule has 0 bridgehead atoms. The van der Waals surface area contributed by atoms with E-state index in [1.165, 1.54) is 0 Å². The summed E-state index contributed by atoms with van der Waals surface area (Å²) < 4.78 is 25.9. The number of hydrogen-bond acceptors (Lipinski definition) is 4. The summed E-state index contributed by atoms with van der Waals surface area (Å²) in [5, 5.41) is 2.99. The standard InChI is InChI=1S/C15H23N3O3S/c1-2-22(20,21)18-14-8-4-3-7-12(14)15(19)17-13-9-5-6-11(13)10-16/h3-4,7-8,11,13,18H,2,5-6,9-10,16H2,1H3,(H,17,19). The fourth-order valence-corrected chi connectivity index (χ4v) is 3.42. The number of carbonyl (C=O) groups excluding carboxylic acids is 1. The molecule has 2 unspecified atom stereocenters. The maximum Gasteiger partial charge on any atom is 0.253 e. The largest absolute Gasteiger partial charge is 0.349 e. The van der Waals surface area contributed by atoms with E-state index in [1.54, 1.807) is 31.2 Å². The van der Waals surface area contributed by atoms with Crippen molar-refractivity contribution < 1.29 is 13.2 Å². The van der Waals surface area contributed by atoms with Gasteiger partial charge in [-0.25, -0.2) is 8.42 Å². The van der Waals surface area contributed by atoms with Crippen LogP contribution in [0.1, 0.15) is 36.5 Å². The Morgan fingerprint density at radius 1 is 1.32 bits per heavy atom. The predicted molar refractivity (Wildman–Crippen MR) is 87.2 cm³/mol. The van der Waals surface area contributed by atoms with Gasteiger partial charge in [0.05, 0.1) is 17.0 Å². The molecule has 0 radical (unpaired) electrons. The van der Waals surface area contributed by atoms with Gasteiger partial charge < -0.3 is 11.1 Å². The number of carbonyl (C=O) groups is 1. The van der Waals surface area contributed by atoms with Crippen molar-refractivity contribution in [2.24, 2.45) is 11.7 Å². The Bertz CT molecular complexity index is 631. The maximum atomic E-state index is 12.5. The summed E-state index contributed by atoms with van der Waals surface area (Å²) in [6, 6.07) is 6.69. The second kappa shape index (κ2) is 7.11. The number of hydrogen-bond donors (Lipinski definition) is 3. The van der Waals surface area contributed by atoms with E-state index in [0.29, 0.717) is 23.7 Å². The van der Waals surface area contributed by atoms with Crippen molar-refractivity contribution in [1.82, 2.24) is 5.32 Å². The van der Waals surface area contributed by atoms with E-state index in [4.69, 9.17) is 5.73 Å². The highest BCUT2D eigenvalue weighted by Gasteiger charge is 2.28. The van der Waals surface area contributed by atoms with Crippen LogP contribution in [-0.4, -0.2) is 32.7 Å². The number of nitrogens with one attached hydrogen (secondary N) is 2. The van der Waals surface area contributed by atoms with E-state index < -0.39 is 10.0 Å². The average molecular weight is 325 g/mol. The lowest BCUT2D eigenvalue weighted by Crippen LogP contribution is -2.40. The van der Waals surface area contributed by atoms with Crippen LogP contribution >= 0.6 is 0 Å². The van der Waals surface area contributed by atoms with Gasteiger partial charge in [0.25, 0.3) is 5.91 Å². The number of para-hydroxylation sites is 1. The van der Waals surface area contributed by atoms with Crippen molar-refractivity contribution in [3.63, 3.8) is 0 Å². The van der Waals surface area contributed by atoms with Crippen LogP contribution in [0.4, 0.5) is 5.69 Å². The molecule has 2 atom stereocenters. The van der Waals surface area contributed by atoms with Gasteiger partial charge >= 0.3 is 0 Å². The third-order valence-electron chi connectivity index (χ3n) is 4.10. The molecule has 1 fully saturated rings. The molecule has 122 valence electrons. The van der Waals surface area contributed by atoms with Crippen LogP contribution in [0.2, 0.25) is 0 Å². The van der Waals surface area contributed by atoms with Gasteiger partial charge in [-0.1, -0.05) is 18.6 Å². The second-order valence-electron chi connectivity index (χ2n) is 5.56. The van der Waals surface area contributed by atoms with Crippen LogP contribution < -0.4 is 15.8 Å². The lowest BCUT2D eigenvalue weighted by atomic mass is 10.0. The molecular formula is C15H23N3O3S. The molecule has 0 saturated heterocycles. The molecule has 1 amide bonds. The first kappa shape index (κ1) is 16.8. The van der Waals surface area contributed by atoms with Crippen molar-refractivity contribution in [2.75, 3.05) is 17.0 Å². The highest BCUT2D eigenvalue weighted by molar-refractivity contribution is 7.92. The SMILES string of the molecule is CCS(=O)(=O)Nc1ccccc1C(=O)NC1CCCC1CN. The zero-order valence-electron chi connectivity index (χ0n) is 12.7. The molecule has 1 aromatic carbocycles. The Labute approximate surface area is 131 Å². The summed E-state index contributed by atoms with van der Waals surface area (Å²) in [5.74, 6) is -0.0101. The minimum Gasteiger partial charge on any atom is -0.349 e. The molecule has 2 rings (SSSR count). The fraction of sp³-hybridized carbons (Fsp3) is 0.533.